The number of aliphatic hydroxyl groups is 1. The van der Waals surface area contributed by atoms with E-state index < -0.39 is 6.23 Å². The van der Waals surface area contributed by atoms with E-state index in [0.717, 1.165) is 6.42 Å². The highest BCUT2D eigenvalue weighted by atomic mass is 16.5. The van der Waals surface area contributed by atoms with Crippen molar-refractivity contribution >= 4 is 0 Å². The van der Waals surface area contributed by atoms with Crippen LogP contribution in [0.15, 0.2) is 0 Å². The first-order chi connectivity index (χ1) is 5.81. The summed E-state index contributed by atoms with van der Waals surface area (Å²) in [5, 5.41) is 12.0. The summed E-state index contributed by atoms with van der Waals surface area (Å²) in [5.41, 5.74) is 0. The summed E-state index contributed by atoms with van der Waals surface area (Å²) in [5.74, 6) is 0. The number of methoxy groups -OCH3 is 1. The summed E-state index contributed by atoms with van der Waals surface area (Å²) in [6, 6.07) is 0. The molecular weight excluding hydrogens is 158 g/mol. The van der Waals surface area contributed by atoms with Crippen molar-refractivity contribution in [3.8, 4) is 0 Å². The van der Waals surface area contributed by atoms with Gasteiger partial charge in [0.05, 0.1) is 19.8 Å². The fourth-order valence-electron chi connectivity index (χ4n) is 0.686. The maximum absolute atomic E-state index is 9.07. The van der Waals surface area contributed by atoms with Gasteiger partial charge in [0.15, 0.2) is 0 Å². The first-order valence-corrected chi connectivity index (χ1v) is 4.29. The number of nitrogens with one attached hydrogen (secondary N) is 1. The summed E-state index contributed by atoms with van der Waals surface area (Å²) in [4.78, 5) is 0. The van der Waals surface area contributed by atoms with Crippen LogP contribution >= 0.6 is 0 Å². The molecule has 1 unspecified atom stereocenters. The van der Waals surface area contributed by atoms with Gasteiger partial charge in [-0.05, 0) is 6.42 Å². The van der Waals surface area contributed by atoms with Crippen molar-refractivity contribution in [1.29, 1.82) is 0 Å². The second-order valence-electron chi connectivity index (χ2n) is 2.48. The van der Waals surface area contributed by atoms with Crippen molar-refractivity contribution in [2.75, 3.05) is 33.5 Å². The van der Waals surface area contributed by atoms with E-state index in [2.05, 4.69) is 5.32 Å². The summed E-state index contributed by atoms with van der Waals surface area (Å²) in [6.45, 7) is 4.44. The SMILES string of the molecule is CCC(O)NCCOCCOC. The highest BCUT2D eigenvalue weighted by Crippen LogP contribution is 1.82. The lowest BCUT2D eigenvalue weighted by molar-refractivity contribution is 0.0609. The van der Waals surface area contributed by atoms with E-state index in [4.69, 9.17) is 14.6 Å². The van der Waals surface area contributed by atoms with E-state index in [1.165, 1.54) is 0 Å². The normalized spacial score (nSPS) is 13.2. The van der Waals surface area contributed by atoms with Gasteiger partial charge in [0, 0.05) is 13.7 Å². The van der Waals surface area contributed by atoms with Gasteiger partial charge < -0.3 is 14.6 Å². The maximum atomic E-state index is 9.07. The Kier molecular flexibility index (Phi) is 8.81. The van der Waals surface area contributed by atoms with Crippen molar-refractivity contribution in [3.05, 3.63) is 0 Å². The molecular formula is C8H19NO3. The molecule has 0 aromatic rings. The molecule has 1 atom stereocenters. The molecule has 0 aliphatic carbocycles. The predicted octanol–water partition coefficient (Wildman–Crippen LogP) is -0.0326. The minimum Gasteiger partial charge on any atom is -0.382 e. The lowest BCUT2D eigenvalue weighted by Gasteiger charge is -2.09. The third-order valence-corrected chi connectivity index (χ3v) is 1.44. The Labute approximate surface area is 73.9 Å². The summed E-state index contributed by atoms with van der Waals surface area (Å²) < 4.78 is 9.97. The zero-order chi connectivity index (χ0) is 9.23. The molecule has 0 rings (SSSR count). The topological polar surface area (TPSA) is 50.7 Å². The fourth-order valence-corrected chi connectivity index (χ4v) is 0.686. The van der Waals surface area contributed by atoms with Crippen LogP contribution in [0.3, 0.4) is 0 Å². The van der Waals surface area contributed by atoms with Crippen LogP contribution in [0.25, 0.3) is 0 Å². The van der Waals surface area contributed by atoms with Gasteiger partial charge in [0.25, 0.3) is 0 Å². The monoisotopic (exact) mass is 177 g/mol. The van der Waals surface area contributed by atoms with Gasteiger partial charge in [-0.3, -0.25) is 5.32 Å². The number of hydrogen-bond donors (Lipinski definition) is 2. The third kappa shape index (κ3) is 7.94. The van der Waals surface area contributed by atoms with Gasteiger partial charge in [-0.25, -0.2) is 0 Å². The average molecular weight is 177 g/mol. The molecule has 2 N–H and O–H groups in total. The van der Waals surface area contributed by atoms with Crippen LogP contribution < -0.4 is 5.32 Å². The van der Waals surface area contributed by atoms with Crippen molar-refractivity contribution in [1.82, 2.24) is 5.32 Å². The zero-order valence-corrected chi connectivity index (χ0v) is 7.88. The Morgan fingerprint density at radius 2 is 2.08 bits per heavy atom. The number of rotatable bonds is 8. The molecule has 0 aromatic carbocycles. The van der Waals surface area contributed by atoms with Gasteiger partial charge >= 0.3 is 0 Å². The molecule has 0 fully saturated rings. The third-order valence-electron chi connectivity index (χ3n) is 1.44. The van der Waals surface area contributed by atoms with Crippen LogP contribution in [-0.4, -0.2) is 44.8 Å². The Balaban J connectivity index is 2.90. The second-order valence-corrected chi connectivity index (χ2v) is 2.48. The van der Waals surface area contributed by atoms with Crippen LogP contribution in [0.4, 0.5) is 0 Å². The van der Waals surface area contributed by atoms with Crippen LogP contribution in [0.1, 0.15) is 13.3 Å². The Hall–Kier alpha value is -0.160. The molecule has 4 nitrogen and oxygen atoms in total. The van der Waals surface area contributed by atoms with Crippen molar-refractivity contribution in [2.24, 2.45) is 0 Å². The quantitative estimate of drug-likeness (QED) is 0.404. The zero-order valence-electron chi connectivity index (χ0n) is 7.88. The highest BCUT2D eigenvalue weighted by molar-refractivity contribution is 4.48. The molecule has 0 amide bonds. The molecule has 4 heteroatoms. The fraction of sp³-hybridized carbons (Fsp3) is 1.00. The molecule has 0 bridgehead atoms. The number of ether oxygens (including phenoxy) is 2. The van der Waals surface area contributed by atoms with E-state index in [0.29, 0.717) is 26.4 Å². The Bertz CT molecular complexity index is 90.4. The molecule has 0 saturated carbocycles. The van der Waals surface area contributed by atoms with Gasteiger partial charge in [-0.2, -0.15) is 0 Å². The van der Waals surface area contributed by atoms with Gasteiger partial charge in [-0.1, -0.05) is 6.92 Å². The molecule has 74 valence electrons. The summed E-state index contributed by atoms with van der Waals surface area (Å²) >= 11 is 0. The molecule has 0 saturated heterocycles. The molecule has 0 spiro atoms. The van der Waals surface area contributed by atoms with E-state index in [1.807, 2.05) is 6.92 Å². The largest absolute Gasteiger partial charge is 0.382 e. The van der Waals surface area contributed by atoms with Gasteiger partial charge in [0.1, 0.15) is 6.23 Å². The lowest BCUT2D eigenvalue weighted by Crippen LogP contribution is -2.31. The predicted molar refractivity (Wildman–Crippen MR) is 47.0 cm³/mol. The van der Waals surface area contributed by atoms with Crippen LogP contribution in [0, 0.1) is 0 Å². The van der Waals surface area contributed by atoms with E-state index in [9.17, 15) is 0 Å². The van der Waals surface area contributed by atoms with Crippen molar-refractivity contribution in [2.45, 2.75) is 19.6 Å². The summed E-state index contributed by atoms with van der Waals surface area (Å²) in [6.07, 6.45) is 0.314. The molecule has 0 aliphatic heterocycles. The maximum Gasteiger partial charge on any atom is 0.104 e. The van der Waals surface area contributed by atoms with Crippen LogP contribution in [0.2, 0.25) is 0 Å². The van der Waals surface area contributed by atoms with E-state index in [-0.39, 0.29) is 0 Å². The lowest BCUT2D eigenvalue weighted by atomic mass is 10.4. The average Bonchev–Trinajstić information content (AvgIpc) is 2.10. The number of aliphatic hydroxyl groups excluding tert-OH is 1. The first-order valence-electron chi connectivity index (χ1n) is 4.29. The molecule has 0 aliphatic rings. The number of hydrogen-bond acceptors (Lipinski definition) is 4. The minimum atomic E-state index is -0.406. The highest BCUT2D eigenvalue weighted by Gasteiger charge is 1.96. The second kappa shape index (κ2) is 8.93. The molecule has 0 heterocycles. The summed E-state index contributed by atoms with van der Waals surface area (Å²) in [7, 11) is 1.64. The van der Waals surface area contributed by atoms with Gasteiger partial charge in [0.2, 0.25) is 0 Å². The van der Waals surface area contributed by atoms with Gasteiger partial charge in [-0.15, -0.1) is 0 Å². The standard InChI is InChI=1S/C8H19NO3/c1-3-8(10)9-4-5-12-7-6-11-2/h8-10H,3-7H2,1-2H3. The first kappa shape index (κ1) is 11.8. The minimum absolute atomic E-state index is 0.406. The molecule has 0 aromatic heterocycles. The van der Waals surface area contributed by atoms with Crippen LogP contribution in [-0.2, 0) is 9.47 Å². The smallest absolute Gasteiger partial charge is 0.104 e. The molecule has 0 radical (unpaired) electrons. The Morgan fingerprint density at radius 3 is 2.67 bits per heavy atom. The van der Waals surface area contributed by atoms with Crippen LogP contribution in [0.5, 0.6) is 0 Å². The van der Waals surface area contributed by atoms with Crippen molar-refractivity contribution in [3.63, 3.8) is 0 Å². The van der Waals surface area contributed by atoms with E-state index >= 15 is 0 Å². The van der Waals surface area contributed by atoms with E-state index in [1.54, 1.807) is 7.11 Å². The molecule has 12 heavy (non-hydrogen) atoms. The Morgan fingerprint density at radius 1 is 1.33 bits per heavy atom. The van der Waals surface area contributed by atoms with Crippen molar-refractivity contribution < 1.29 is 14.6 Å².